The average molecular weight is 475 g/mol. The van der Waals surface area contributed by atoms with Crippen molar-refractivity contribution in [3.05, 3.63) is 54.1 Å². The van der Waals surface area contributed by atoms with E-state index in [1.165, 1.54) is 38.4 Å². The molecule has 11 heteroatoms. The minimum Gasteiger partial charge on any atom is -0.384 e. The highest BCUT2D eigenvalue weighted by Gasteiger charge is 2.27. The summed E-state index contributed by atoms with van der Waals surface area (Å²) in [5, 5.41) is 6.70. The van der Waals surface area contributed by atoms with Gasteiger partial charge in [-0.15, -0.1) is 0 Å². The van der Waals surface area contributed by atoms with Gasteiger partial charge in [0.2, 0.25) is 10.0 Å². The Kier molecular flexibility index (Phi) is 5.35. The zero-order valence-corrected chi connectivity index (χ0v) is 19.3. The lowest BCUT2D eigenvalue weighted by Crippen LogP contribution is -2.23. The summed E-state index contributed by atoms with van der Waals surface area (Å²) in [6.07, 6.45) is 0. The van der Waals surface area contributed by atoms with Crippen molar-refractivity contribution in [3.8, 4) is 0 Å². The van der Waals surface area contributed by atoms with Crippen molar-refractivity contribution >= 4 is 53.8 Å². The second kappa shape index (κ2) is 7.76. The van der Waals surface area contributed by atoms with E-state index in [-0.39, 0.29) is 21.4 Å². The highest BCUT2D eigenvalue weighted by atomic mass is 32.2. The zero-order chi connectivity index (χ0) is 23.3. The fraction of sp³-hybridized carbons (Fsp3) is 0.190. The Labute approximate surface area is 186 Å². The van der Waals surface area contributed by atoms with Crippen molar-refractivity contribution in [2.75, 3.05) is 36.0 Å². The number of nitrogens with zero attached hydrogens (tertiary/aromatic N) is 1. The molecule has 1 heterocycles. The molecule has 0 saturated carbocycles. The van der Waals surface area contributed by atoms with Gasteiger partial charge in [0.25, 0.3) is 15.9 Å². The molecule has 9 nitrogen and oxygen atoms in total. The minimum atomic E-state index is -4.12. The SMILES string of the molecule is CCNc1ccc(S(=O)(=O)N(C)C)cc1NS(=O)(=O)c1ccc2c3c(cccc13)C(=O)N2. The van der Waals surface area contributed by atoms with E-state index in [1.54, 1.807) is 24.3 Å². The predicted octanol–water partition coefficient (Wildman–Crippen LogP) is 2.89. The maximum Gasteiger partial charge on any atom is 0.262 e. The molecule has 0 bridgehead atoms. The first-order valence-corrected chi connectivity index (χ1v) is 12.7. The Morgan fingerprint density at radius 3 is 2.41 bits per heavy atom. The van der Waals surface area contributed by atoms with Crippen molar-refractivity contribution in [1.29, 1.82) is 0 Å². The molecule has 4 rings (SSSR count). The molecule has 3 N–H and O–H groups in total. The van der Waals surface area contributed by atoms with Gasteiger partial charge >= 0.3 is 0 Å². The van der Waals surface area contributed by atoms with Crippen LogP contribution in [0.2, 0.25) is 0 Å². The summed E-state index contributed by atoms with van der Waals surface area (Å²) in [5.41, 5.74) is 1.50. The molecule has 1 aliphatic rings. The Morgan fingerprint density at radius 1 is 0.969 bits per heavy atom. The summed E-state index contributed by atoms with van der Waals surface area (Å²) < 4.78 is 55.5. The van der Waals surface area contributed by atoms with E-state index in [2.05, 4.69) is 15.4 Å². The number of carbonyl (C=O) groups is 1. The molecule has 0 atom stereocenters. The number of benzene rings is 3. The number of rotatable bonds is 7. The summed E-state index contributed by atoms with van der Waals surface area (Å²) in [5.74, 6) is -0.288. The maximum absolute atomic E-state index is 13.4. The van der Waals surface area contributed by atoms with E-state index in [4.69, 9.17) is 0 Å². The van der Waals surface area contributed by atoms with Crippen LogP contribution in [0.15, 0.2) is 58.3 Å². The zero-order valence-electron chi connectivity index (χ0n) is 17.6. The van der Waals surface area contributed by atoms with E-state index in [9.17, 15) is 21.6 Å². The summed E-state index contributed by atoms with van der Waals surface area (Å²) in [7, 11) is -5.09. The van der Waals surface area contributed by atoms with Crippen LogP contribution >= 0.6 is 0 Å². The second-order valence-corrected chi connectivity index (χ2v) is 11.2. The van der Waals surface area contributed by atoms with Crippen molar-refractivity contribution < 1.29 is 21.6 Å². The Hall–Kier alpha value is -3.15. The van der Waals surface area contributed by atoms with Crippen LogP contribution in [0.1, 0.15) is 17.3 Å². The number of hydrogen-bond donors (Lipinski definition) is 3. The van der Waals surface area contributed by atoms with Crippen LogP contribution in [0.3, 0.4) is 0 Å². The molecule has 0 saturated heterocycles. The van der Waals surface area contributed by atoms with Crippen LogP contribution in [0, 0.1) is 0 Å². The first-order chi connectivity index (χ1) is 15.1. The lowest BCUT2D eigenvalue weighted by Gasteiger charge is -2.17. The van der Waals surface area contributed by atoms with Crippen molar-refractivity contribution in [3.63, 3.8) is 0 Å². The molecule has 0 unspecified atom stereocenters. The lowest BCUT2D eigenvalue weighted by molar-refractivity contribution is 0.103. The van der Waals surface area contributed by atoms with E-state index in [0.717, 1.165) is 4.31 Å². The maximum atomic E-state index is 13.4. The van der Waals surface area contributed by atoms with E-state index in [1.807, 2.05) is 6.92 Å². The molecular weight excluding hydrogens is 452 g/mol. The van der Waals surface area contributed by atoms with E-state index >= 15 is 0 Å². The number of carbonyl (C=O) groups excluding carboxylic acids is 1. The van der Waals surface area contributed by atoms with Crippen molar-refractivity contribution in [2.45, 2.75) is 16.7 Å². The van der Waals surface area contributed by atoms with Crippen LogP contribution in [0.5, 0.6) is 0 Å². The van der Waals surface area contributed by atoms with E-state index < -0.39 is 20.0 Å². The average Bonchev–Trinajstić information content (AvgIpc) is 3.06. The van der Waals surface area contributed by atoms with Gasteiger partial charge in [0.05, 0.1) is 21.2 Å². The summed E-state index contributed by atoms with van der Waals surface area (Å²) in [6, 6.07) is 12.1. The third-order valence-electron chi connectivity index (χ3n) is 5.16. The third-order valence-corrected chi connectivity index (χ3v) is 8.40. The third kappa shape index (κ3) is 3.57. The fourth-order valence-corrected chi connectivity index (χ4v) is 5.82. The normalized spacial score (nSPS) is 13.4. The number of nitrogens with one attached hydrogen (secondary N) is 3. The molecule has 1 amide bonds. The Morgan fingerprint density at radius 2 is 1.72 bits per heavy atom. The molecule has 3 aromatic rings. The van der Waals surface area contributed by atoms with Crippen molar-refractivity contribution in [1.82, 2.24) is 4.31 Å². The summed E-state index contributed by atoms with van der Waals surface area (Å²) in [4.78, 5) is 12.1. The highest BCUT2D eigenvalue weighted by molar-refractivity contribution is 7.93. The molecule has 0 spiro atoms. The summed E-state index contributed by atoms with van der Waals surface area (Å²) in [6.45, 7) is 2.35. The van der Waals surface area contributed by atoms with Crippen LogP contribution < -0.4 is 15.4 Å². The number of anilines is 3. The van der Waals surface area contributed by atoms with Crippen molar-refractivity contribution in [2.24, 2.45) is 0 Å². The quantitative estimate of drug-likeness (QED) is 0.484. The molecule has 32 heavy (non-hydrogen) atoms. The van der Waals surface area contributed by atoms with Crippen LogP contribution in [-0.4, -0.2) is 47.7 Å². The molecule has 0 fully saturated rings. The molecule has 0 aliphatic carbocycles. The van der Waals surface area contributed by atoms with Gasteiger partial charge in [0.15, 0.2) is 0 Å². The second-order valence-electron chi connectivity index (χ2n) is 7.42. The van der Waals surface area contributed by atoms with Gasteiger partial charge in [-0.05, 0) is 43.3 Å². The van der Waals surface area contributed by atoms with Gasteiger partial charge in [-0.1, -0.05) is 12.1 Å². The standard InChI is InChI=1S/C21H22N4O5S2/c1-4-22-16-9-8-13(32(29,30)25(2)3)12-18(16)24-31(27,28)19-11-10-17-20-14(19)6-5-7-15(20)21(26)23-17/h5-12,22,24H,4H2,1-3H3,(H,23,26). The summed E-state index contributed by atoms with van der Waals surface area (Å²) >= 11 is 0. The highest BCUT2D eigenvalue weighted by Crippen LogP contribution is 2.37. The van der Waals surface area contributed by atoms with Gasteiger partial charge < -0.3 is 10.6 Å². The minimum absolute atomic E-state index is 0.0158. The number of amides is 1. The van der Waals surface area contributed by atoms with E-state index in [0.29, 0.717) is 34.3 Å². The Bertz CT molecular complexity index is 1470. The smallest absolute Gasteiger partial charge is 0.262 e. The van der Waals surface area contributed by atoms with Gasteiger partial charge in [-0.3, -0.25) is 9.52 Å². The molecule has 0 radical (unpaired) electrons. The van der Waals surface area contributed by atoms with Crippen LogP contribution in [0.25, 0.3) is 10.8 Å². The molecule has 1 aliphatic heterocycles. The lowest BCUT2D eigenvalue weighted by atomic mass is 10.1. The first-order valence-electron chi connectivity index (χ1n) is 9.76. The number of sulfonamides is 2. The molecule has 168 valence electrons. The van der Waals surface area contributed by atoms with Crippen LogP contribution in [0.4, 0.5) is 17.1 Å². The molecule has 0 aromatic heterocycles. The van der Waals surface area contributed by atoms with Gasteiger partial charge in [-0.25, -0.2) is 21.1 Å². The topological polar surface area (TPSA) is 125 Å². The monoisotopic (exact) mass is 474 g/mol. The van der Waals surface area contributed by atoms with Gasteiger partial charge in [0.1, 0.15) is 0 Å². The van der Waals surface area contributed by atoms with Gasteiger partial charge in [-0.2, -0.15) is 0 Å². The Balaban J connectivity index is 1.84. The molecular formula is C21H22N4O5S2. The number of hydrogen-bond acceptors (Lipinski definition) is 6. The first kappa shape index (κ1) is 22.1. The van der Waals surface area contributed by atoms with Gasteiger partial charge in [0, 0.05) is 42.7 Å². The van der Waals surface area contributed by atoms with Crippen LogP contribution in [-0.2, 0) is 20.0 Å². The molecule has 3 aromatic carbocycles. The predicted molar refractivity (Wildman–Crippen MR) is 124 cm³/mol. The fourth-order valence-electron chi connectivity index (χ4n) is 3.62. The largest absolute Gasteiger partial charge is 0.384 e.